The Morgan fingerprint density at radius 2 is 2.08 bits per heavy atom. The number of aryl methyl sites for hydroxylation is 3. The molecule has 126 valence electrons. The van der Waals surface area contributed by atoms with Gasteiger partial charge in [-0.15, -0.1) is 22.7 Å². The molecule has 9 heteroatoms. The van der Waals surface area contributed by atoms with Crippen LogP contribution in [0.15, 0.2) is 15.3 Å². The van der Waals surface area contributed by atoms with Crippen molar-refractivity contribution in [1.29, 1.82) is 0 Å². The van der Waals surface area contributed by atoms with Gasteiger partial charge in [0.2, 0.25) is 5.91 Å². The maximum atomic E-state index is 12.5. The number of fused-ring (bicyclic) bond motifs is 1. The summed E-state index contributed by atoms with van der Waals surface area (Å²) in [7, 11) is 1.69. The molecule has 0 saturated carbocycles. The Balaban J connectivity index is 1.79. The van der Waals surface area contributed by atoms with Crippen molar-refractivity contribution in [3.63, 3.8) is 0 Å². The molecule has 0 aromatic carbocycles. The SMILES string of the molecule is Cc1csc(NC(=O)CSc2nc3sc(C)c(C)c3c(=O)n2C)n1. The van der Waals surface area contributed by atoms with E-state index in [-0.39, 0.29) is 17.2 Å². The Bertz CT molecular complexity index is 987. The molecule has 0 aliphatic rings. The van der Waals surface area contributed by atoms with Gasteiger partial charge in [0.1, 0.15) is 4.83 Å². The summed E-state index contributed by atoms with van der Waals surface area (Å²) < 4.78 is 1.51. The number of amides is 1. The molecular weight excluding hydrogens is 364 g/mol. The van der Waals surface area contributed by atoms with E-state index in [9.17, 15) is 9.59 Å². The summed E-state index contributed by atoms with van der Waals surface area (Å²) in [5.41, 5.74) is 1.79. The number of aromatic nitrogens is 3. The minimum atomic E-state index is -0.165. The summed E-state index contributed by atoms with van der Waals surface area (Å²) in [5, 5.41) is 6.43. The number of hydrogen-bond acceptors (Lipinski definition) is 7. The molecule has 3 rings (SSSR count). The van der Waals surface area contributed by atoms with Crippen LogP contribution in [-0.4, -0.2) is 26.2 Å². The number of carbonyl (C=O) groups excluding carboxylic acids is 1. The molecule has 0 unspecified atom stereocenters. The predicted molar refractivity (Wildman–Crippen MR) is 101 cm³/mol. The van der Waals surface area contributed by atoms with Gasteiger partial charge in [-0.2, -0.15) is 0 Å². The lowest BCUT2D eigenvalue weighted by Gasteiger charge is -2.07. The van der Waals surface area contributed by atoms with Gasteiger partial charge in [0.25, 0.3) is 5.56 Å². The molecule has 0 radical (unpaired) electrons. The average molecular weight is 381 g/mol. The molecule has 3 aromatic heterocycles. The fourth-order valence-corrected chi connectivity index (χ4v) is 4.73. The minimum absolute atomic E-state index is 0.0692. The van der Waals surface area contributed by atoms with Crippen molar-refractivity contribution in [1.82, 2.24) is 14.5 Å². The van der Waals surface area contributed by atoms with Crippen LogP contribution in [-0.2, 0) is 11.8 Å². The lowest BCUT2D eigenvalue weighted by molar-refractivity contribution is -0.113. The molecule has 3 heterocycles. The fourth-order valence-electron chi connectivity index (χ4n) is 2.18. The Morgan fingerprint density at radius 1 is 1.33 bits per heavy atom. The van der Waals surface area contributed by atoms with E-state index in [4.69, 9.17) is 0 Å². The molecule has 24 heavy (non-hydrogen) atoms. The molecule has 0 spiro atoms. The van der Waals surface area contributed by atoms with Crippen LogP contribution in [0.1, 0.15) is 16.1 Å². The topological polar surface area (TPSA) is 76.9 Å². The van der Waals surface area contributed by atoms with Gasteiger partial charge in [-0.1, -0.05) is 11.8 Å². The summed E-state index contributed by atoms with van der Waals surface area (Å²) in [5.74, 6) is 0.00976. The second kappa shape index (κ2) is 6.66. The number of thioether (sulfide) groups is 1. The number of rotatable bonds is 4. The summed E-state index contributed by atoms with van der Waals surface area (Å²) in [6, 6.07) is 0. The van der Waals surface area contributed by atoms with E-state index in [1.807, 2.05) is 26.2 Å². The number of nitrogens with one attached hydrogen (secondary N) is 1. The van der Waals surface area contributed by atoms with E-state index in [0.29, 0.717) is 15.7 Å². The van der Waals surface area contributed by atoms with Crippen LogP contribution in [0.2, 0.25) is 0 Å². The second-order valence-corrected chi connectivity index (χ2v) is 8.36. The van der Waals surface area contributed by atoms with Crippen molar-refractivity contribution in [2.75, 3.05) is 11.1 Å². The Labute approximate surface area is 151 Å². The van der Waals surface area contributed by atoms with Crippen molar-refractivity contribution < 1.29 is 4.79 Å². The third kappa shape index (κ3) is 3.24. The van der Waals surface area contributed by atoms with Gasteiger partial charge >= 0.3 is 0 Å². The highest BCUT2D eigenvalue weighted by Crippen LogP contribution is 2.28. The first-order chi connectivity index (χ1) is 11.4. The molecule has 0 bridgehead atoms. The summed E-state index contributed by atoms with van der Waals surface area (Å²) in [4.78, 5) is 35.1. The standard InChI is InChI=1S/C15H16N4O2S3/c1-7-5-22-14(16-7)17-10(20)6-23-15-18-12-11(13(21)19(15)4)8(2)9(3)24-12/h5H,6H2,1-4H3,(H,16,17,20). The first-order valence-corrected chi connectivity index (χ1v) is 9.86. The van der Waals surface area contributed by atoms with Gasteiger partial charge in [0.15, 0.2) is 10.3 Å². The molecule has 0 aliphatic heterocycles. The number of anilines is 1. The van der Waals surface area contributed by atoms with Gasteiger partial charge < -0.3 is 5.32 Å². The third-order valence-corrected chi connectivity index (χ3v) is 6.57. The Morgan fingerprint density at radius 3 is 2.75 bits per heavy atom. The number of hydrogen-bond donors (Lipinski definition) is 1. The quantitative estimate of drug-likeness (QED) is 0.556. The van der Waals surface area contributed by atoms with Crippen LogP contribution >= 0.6 is 34.4 Å². The van der Waals surface area contributed by atoms with Gasteiger partial charge in [-0.05, 0) is 26.3 Å². The molecule has 0 saturated heterocycles. The molecule has 0 aliphatic carbocycles. The van der Waals surface area contributed by atoms with E-state index >= 15 is 0 Å². The molecule has 3 aromatic rings. The zero-order chi connectivity index (χ0) is 17.4. The van der Waals surface area contributed by atoms with Crippen LogP contribution in [0.5, 0.6) is 0 Å². The highest BCUT2D eigenvalue weighted by atomic mass is 32.2. The Kier molecular flexibility index (Phi) is 4.75. The van der Waals surface area contributed by atoms with Crippen molar-refractivity contribution in [2.45, 2.75) is 25.9 Å². The van der Waals surface area contributed by atoms with Crippen molar-refractivity contribution in [3.8, 4) is 0 Å². The molecule has 6 nitrogen and oxygen atoms in total. The smallest absolute Gasteiger partial charge is 0.262 e. The van der Waals surface area contributed by atoms with Crippen LogP contribution in [0.3, 0.4) is 0 Å². The second-order valence-electron chi connectivity index (χ2n) is 5.35. The van der Waals surface area contributed by atoms with E-state index in [1.54, 1.807) is 7.05 Å². The molecular formula is C15H16N4O2S3. The monoisotopic (exact) mass is 380 g/mol. The predicted octanol–water partition coefficient (Wildman–Crippen LogP) is 3.11. The number of carbonyl (C=O) groups is 1. The van der Waals surface area contributed by atoms with Gasteiger partial charge in [-0.25, -0.2) is 9.97 Å². The molecule has 1 N–H and O–H groups in total. The van der Waals surface area contributed by atoms with E-state index in [0.717, 1.165) is 21.0 Å². The van der Waals surface area contributed by atoms with E-state index in [2.05, 4.69) is 15.3 Å². The Hall–Kier alpha value is -1.71. The highest BCUT2D eigenvalue weighted by molar-refractivity contribution is 7.99. The molecule has 0 fully saturated rings. The number of nitrogens with zero attached hydrogens (tertiary/aromatic N) is 3. The number of thiophene rings is 1. The average Bonchev–Trinajstić information content (AvgIpc) is 3.05. The highest BCUT2D eigenvalue weighted by Gasteiger charge is 2.16. The van der Waals surface area contributed by atoms with E-state index < -0.39 is 0 Å². The zero-order valence-corrected chi connectivity index (χ0v) is 16.1. The van der Waals surface area contributed by atoms with Crippen LogP contribution in [0.25, 0.3) is 10.2 Å². The zero-order valence-electron chi connectivity index (χ0n) is 13.7. The van der Waals surface area contributed by atoms with Gasteiger partial charge in [-0.3, -0.25) is 14.2 Å². The first-order valence-electron chi connectivity index (χ1n) is 7.18. The fraction of sp³-hybridized carbons (Fsp3) is 0.333. The first kappa shape index (κ1) is 17.1. The van der Waals surface area contributed by atoms with Crippen LogP contribution < -0.4 is 10.9 Å². The van der Waals surface area contributed by atoms with Crippen molar-refractivity contribution in [3.05, 3.63) is 31.9 Å². The lowest BCUT2D eigenvalue weighted by atomic mass is 10.2. The van der Waals surface area contributed by atoms with Crippen LogP contribution in [0, 0.1) is 20.8 Å². The lowest BCUT2D eigenvalue weighted by Crippen LogP contribution is -2.21. The number of thiazole rings is 1. The molecule has 1 amide bonds. The van der Waals surface area contributed by atoms with Crippen molar-refractivity contribution >= 4 is 55.7 Å². The van der Waals surface area contributed by atoms with E-state index in [1.165, 1.54) is 39.0 Å². The molecule has 0 atom stereocenters. The summed E-state index contributed by atoms with van der Waals surface area (Å²) >= 11 is 4.15. The maximum Gasteiger partial charge on any atom is 0.262 e. The largest absolute Gasteiger partial charge is 0.301 e. The summed E-state index contributed by atoms with van der Waals surface area (Å²) in [6.45, 7) is 5.80. The van der Waals surface area contributed by atoms with Crippen molar-refractivity contribution in [2.24, 2.45) is 7.05 Å². The van der Waals surface area contributed by atoms with Crippen LogP contribution in [0.4, 0.5) is 5.13 Å². The van der Waals surface area contributed by atoms with Gasteiger partial charge in [0.05, 0.1) is 16.8 Å². The minimum Gasteiger partial charge on any atom is -0.301 e. The maximum absolute atomic E-state index is 12.5. The normalized spacial score (nSPS) is 11.2. The summed E-state index contributed by atoms with van der Waals surface area (Å²) in [6.07, 6.45) is 0. The van der Waals surface area contributed by atoms with Gasteiger partial charge in [0, 0.05) is 17.3 Å². The third-order valence-electron chi connectivity index (χ3n) is 3.57.